The van der Waals surface area contributed by atoms with Crippen LogP contribution in [0.2, 0.25) is 0 Å². The average molecular weight is 168 g/mol. The molecule has 0 atom stereocenters. The van der Waals surface area contributed by atoms with Crippen LogP contribution in [0.4, 0.5) is 0 Å². The fourth-order valence-corrected chi connectivity index (χ4v) is 0.587. The molecule has 1 rings (SSSR count). The molecule has 0 spiro atoms. The van der Waals surface area contributed by atoms with Gasteiger partial charge in [0.15, 0.2) is 0 Å². The molecular formula is C8H8O4. The minimum absolute atomic E-state index is 0.160. The fraction of sp³-hybridized carbons (Fsp3) is 0.375. The lowest BCUT2D eigenvalue weighted by Gasteiger charge is -1.91. The van der Waals surface area contributed by atoms with E-state index in [1.807, 2.05) is 0 Å². The summed E-state index contributed by atoms with van der Waals surface area (Å²) in [6.45, 7) is 2.20. The topological polar surface area (TPSA) is 44.8 Å². The summed E-state index contributed by atoms with van der Waals surface area (Å²) in [7, 11) is 0. The highest BCUT2D eigenvalue weighted by Crippen LogP contribution is 2.03. The smallest absolute Gasteiger partial charge is 0.384 e. The number of rotatable bonds is 1. The largest absolute Gasteiger partial charge is 0.460 e. The zero-order valence-corrected chi connectivity index (χ0v) is 6.62. The van der Waals surface area contributed by atoms with E-state index in [-0.39, 0.29) is 6.79 Å². The van der Waals surface area contributed by atoms with E-state index in [1.54, 1.807) is 6.92 Å². The van der Waals surface area contributed by atoms with Gasteiger partial charge in [-0.2, -0.15) is 0 Å². The van der Waals surface area contributed by atoms with E-state index in [2.05, 4.69) is 16.6 Å². The van der Waals surface area contributed by atoms with Gasteiger partial charge in [0.05, 0.1) is 6.61 Å². The molecule has 0 aliphatic carbocycles. The van der Waals surface area contributed by atoms with E-state index in [1.165, 1.54) is 6.26 Å². The zero-order valence-electron chi connectivity index (χ0n) is 6.62. The molecule has 1 heterocycles. The fourth-order valence-electron chi connectivity index (χ4n) is 0.587. The highest BCUT2D eigenvalue weighted by atomic mass is 16.7. The molecule has 0 saturated heterocycles. The Kier molecular flexibility index (Phi) is 3.03. The van der Waals surface area contributed by atoms with Gasteiger partial charge in [0.2, 0.25) is 12.6 Å². The number of allylic oxidation sites excluding steroid dienone is 1. The van der Waals surface area contributed by atoms with Crippen molar-refractivity contribution >= 4 is 5.97 Å². The van der Waals surface area contributed by atoms with E-state index >= 15 is 0 Å². The molecule has 0 unspecified atom stereocenters. The van der Waals surface area contributed by atoms with Crippen LogP contribution in [0, 0.1) is 11.8 Å². The molecule has 0 saturated carbocycles. The first kappa shape index (κ1) is 8.47. The van der Waals surface area contributed by atoms with E-state index < -0.39 is 5.97 Å². The number of ether oxygens (including phenoxy) is 3. The second kappa shape index (κ2) is 4.29. The van der Waals surface area contributed by atoms with Crippen molar-refractivity contribution in [3.05, 3.63) is 12.0 Å². The van der Waals surface area contributed by atoms with Crippen LogP contribution < -0.4 is 0 Å². The van der Waals surface area contributed by atoms with Gasteiger partial charge in [0.25, 0.3) is 0 Å². The molecule has 12 heavy (non-hydrogen) atoms. The number of carbonyl (C=O) groups excluding carboxylic acids is 1. The molecule has 64 valence electrons. The Morgan fingerprint density at radius 2 is 2.67 bits per heavy atom. The van der Waals surface area contributed by atoms with Gasteiger partial charge < -0.3 is 14.2 Å². The maximum Gasteiger partial charge on any atom is 0.384 e. The molecule has 0 bridgehead atoms. The summed E-state index contributed by atoms with van der Waals surface area (Å²) in [5.74, 6) is 4.49. The van der Waals surface area contributed by atoms with Crippen LogP contribution in [0.25, 0.3) is 0 Å². The number of hydrogen-bond acceptors (Lipinski definition) is 4. The van der Waals surface area contributed by atoms with Crippen LogP contribution in [-0.2, 0) is 19.0 Å². The minimum atomic E-state index is -0.561. The van der Waals surface area contributed by atoms with Gasteiger partial charge in [-0.3, -0.25) is 0 Å². The third-order valence-corrected chi connectivity index (χ3v) is 1.04. The van der Waals surface area contributed by atoms with E-state index in [0.717, 1.165) is 0 Å². The molecule has 0 N–H and O–H groups in total. The van der Waals surface area contributed by atoms with Crippen molar-refractivity contribution in [2.24, 2.45) is 0 Å². The van der Waals surface area contributed by atoms with Gasteiger partial charge in [-0.1, -0.05) is 0 Å². The first-order chi connectivity index (χ1) is 5.83. The van der Waals surface area contributed by atoms with E-state index in [4.69, 9.17) is 9.47 Å². The SMILES string of the molecule is CCOC(=O)C#CC1=COCO1. The Morgan fingerprint density at radius 1 is 1.83 bits per heavy atom. The lowest BCUT2D eigenvalue weighted by Crippen LogP contribution is -1.99. The van der Waals surface area contributed by atoms with Gasteiger partial charge >= 0.3 is 5.97 Å². The maximum atomic E-state index is 10.7. The average Bonchev–Trinajstić information content (AvgIpc) is 2.53. The van der Waals surface area contributed by atoms with Crippen molar-refractivity contribution < 1.29 is 19.0 Å². The predicted molar refractivity (Wildman–Crippen MR) is 39.5 cm³/mol. The quantitative estimate of drug-likeness (QED) is 0.323. The predicted octanol–water partition coefficient (Wildman–Crippen LogP) is 0.399. The maximum absolute atomic E-state index is 10.7. The highest BCUT2D eigenvalue weighted by Gasteiger charge is 2.02. The van der Waals surface area contributed by atoms with Gasteiger partial charge in [-0.25, -0.2) is 4.79 Å². The summed E-state index contributed by atoms with van der Waals surface area (Å²) in [5.41, 5.74) is 0. The standard InChI is InChI=1S/C8H8O4/c1-2-11-8(9)4-3-7-5-10-6-12-7/h5H,2,6H2,1H3. The van der Waals surface area contributed by atoms with Crippen LogP contribution in [0.5, 0.6) is 0 Å². The van der Waals surface area contributed by atoms with Crippen LogP contribution in [0.15, 0.2) is 12.0 Å². The van der Waals surface area contributed by atoms with Gasteiger partial charge in [0, 0.05) is 5.92 Å². The molecular weight excluding hydrogens is 160 g/mol. The van der Waals surface area contributed by atoms with Crippen LogP contribution in [-0.4, -0.2) is 19.4 Å². The second-order valence-corrected chi connectivity index (χ2v) is 1.88. The Bertz CT molecular complexity index is 256. The molecule has 1 aliphatic heterocycles. The zero-order chi connectivity index (χ0) is 8.81. The van der Waals surface area contributed by atoms with Crippen molar-refractivity contribution in [1.29, 1.82) is 0 Å². The molecule has 0 aromatic carbocycles. The lowest BCUT2D eigenvalue weighted by molar-refractivity contribution is -0.136. The molecule has 0 aromatic heterocycles. The summed E-state index contributed by atoms with van der Waals surface area (Å²) in [6.07, 6.45) is 1.35. The number of carbonyl (C=O) groups is 1. The molecule has 4 nitrogen and oxygen atoms in total. The van der Waals surface area contributed by atoms with Crippen molar-refractivity contribution in [3.63, 3.8) is 0 Å². The summed E-state index contributed by atoms with van der Waals surface area (Å²) >= 11 is 0. The molecule has 0 fully saturated rings. The monoisotopic (exact) mass is 168 g/mol. The number of hydrogen-bond donors (Lipinski definition) is 0. The first-order valence-corrected chi connectivity index (χ1v) is 3.46. The van der Waals surface area contributed by atoms with Gasteiger partial charge in [0.1, 0.15) is 6.26 Å². The third kappa shape index (κ3) is 2.54. The normalized spacial score (nSPS) is 13.2. The Balaban J connectivity index is 2.41. The van der Waals surface area contributed by atoms with Crippen LogP contribution >= 0.6 is 0 Å². The van der Waals surface area contributed by atoms with Crippen LogP contribution in [0.1, 0.15) is 6.92 Å². The lowest BCUT2D eigenvalue weighted by atomic mass is 10.5. The number of esters is 1. The Labute approximate surface area is 70.1 Å². The third-order valence-electron chi connectivity index (χ3n) is 1.04. The van der Waals surface area contributed by atoms with Crippen LogP contribution in [0.3, 0.4) is 0 Å². The van der Waals surface area contributed by atoms with Gasteiger partial charge in [-0.05, 0) is 12.8 Å². The molecule has 0 amide bonds. The molecule has 1 aliphatic rings. The first-order valence-electron chi connectivity index (χ1n) is 3.46. The van der Waals surface area contributed by atoms with Crippen molar-refractivity contribution in [2.75, 3.05) is 13.4 Å². The Hall–Kier alpha value is -1.63. The van der Waals surface area contributed by atoms with E-state index in [0.29, 0.717) is 12.4 Å². The molecule has 4 heteroatoms. The summed E-state index contributed by atoms with van der Waals surface area (Å²) < 4.78 is 14.1. The Morgan fingerprint density at radius 3 is 3.25 bits per heavy atom. The minimum Gasteiger partial charge on any atom is -0.460 e. The summed E-state index contributed by atoms with van der Waals surface area (Å²) in [5, 5.41) is 0. The van der Waals surface area contributed by atoms with Crippen molar-refractivity contribution in [2.45, 2.75) is 6.92 Å². The summed E-state index contributed by atoms with van der Waals surface area (Å²) in [6, 6.07) is 0. The summed E-state index contributed by atoms with van der Waals surface area (Å²) in [4.78, 5) is 10.7. The van der Waals surface area contributed by atoms with E-state index in [9.17, 15) is 4.79 Å². The second-order valence-electron chi connectivity index (χ2n) is 1.88. The molecule has 0 aromatic rings. The van der Waals surface area contributed by atoms with Crippen molar-refractivity contribution in [1.82, 2.24) is 0 Å². The molecule has 0 radical (unpaired) electrons. The van der Waals surface area contributed by atoms with Gasteiger partial charge in [-0.15, -0.1) is 0 Å². The highest BCUT2D eigenvalue weighted by molar-refractivity contribution is 5.88. The van der Waals surface area contributed by atoms with Crippen molar-refractivity contribution in [3.8, 4) is 11.8 Å².